The molecular formula is C22H33FO3. The molecule has 0 amide bonds. The van der Waals surface area contributed by atoms with Crippen molar-refractivity contribution in [3.05, 3.63) is 11.6 Å². The van der Waals surface area contributed by atoms with Gasteiger partial charge in [0.05, 0.1) is 6.10 Å². The van der Waals surface area contributed by atoms with Gasteiger partial charge in [0.2, 0.25) is 0 Å². The molecule has 0 spiro atoms. The second-order valence-electron chi connectivity index (χ2n) is 10.1. The summed E-state index contributed by atoms with van der Waals surface area (Å²) in [5, 5.41) is 21.3. The molecule has 1 unspecified atom stereocenters. The summed E-state index contributed by atoms with van der Waals surface area (Å²) in [6.45, 7) is 7.72. The lowest BCUT2D eigenvalue weighted by Crippen LogP contribution is -2.64. The highest BCUT2D eigenvalue weighted by Crippen LogP contribution is 2.71. The molecule has 146 valence electrons. The molecule has 0 aliphatic heterocycles. The highest BCUT2D eigenvalue weighted by Gasteiger charge is 2.71. The minimum atomic E-state index is -1.31. The van der Waals surface area contributed by atoms with E-state index in [1.54, 1.807) is 0 Å². The van der Waals surface area contributed by atoms with E-state index in [1.165, 1.54) is 6.92 Å². The molecule has 8 atom stereocenters. The summed E-state index contributed by atoms with van der Waals surface area (Å²) in [5.74, 6) is -0.00709. The fraction of sp³-hybridized carbons (Fsp3) is 0.864. The Morgan fingerprint density at radius 3 is 2.50 bits per heavy atom. The van der Waals surface area contributed by atoms with E-state index in [1.807, 2.05) is 13.0 Å². The number of alkyl halides is 1. The summed E-state index contributed by atoms with van der Waals surface area (Å²) in [7, 11) is 0. The van der Waals surface area contributed by atoms with Crippen molar-refractivity contribution < 1.29 is 19.4 Å². The Balaban J connectivity index is 1.79. The Labute approximate surface area is 156 Å². The standard InChI is InChI=1S/C22H33FO3/c1-13-11-18-16-6-8-22(26,14(2)24)20(16,4)9-10-21(18,23)19(3)7-5-15(25)12-17(13)19/h12-13,15-16,18,25-26H,5-11H2,1-4H3/t13-,15?,16-,18-,19-,20-,21+,22-/m0/s1. The lowest BCUT2D eigenvalue weighted by Gasteiger charge is -2.63. The van der Waals surface area contributed by atoms with E-state index in [9.17, 15) is 15.0 Å². The van der Waals surface area contributed by atoms with E-state index in [0.29, 0.717) is 32.1 Å². The SMILES string of the molecule is CC(=O)[C@@]1(O)CC[C@H]2[C@@H]3C[C@H](C)C4=CC(O)CC[C@]4(C)[C@@]3(F)CC[C@@]21C. The number of allylic oxidation sites excluding steroid dienone is 1. The molecule has 2 N–H and O–H groups in total. The molecule has 0 radical (unpaired) electrons. The van der Waals surface area contributed by atoms with Crippen LogP contribution in [0.5, 0.6) is 0 Å². The van der Waals surface area contributed by atoms with Crippen LogP contribution in [0.25, 0.3) is 0 Å². The van der Waals surface area contributed by atoms with Gasteiger partial charge >= 0.3 is 0 Å². The van der Waals surface area contributed by atoms with E-state index in [-0.39, 0.29) is 23.5 Å². The van der Waals surface area contributed by atoms with Crippen LogP contribution in [0.15, 0.2) is 11.6 Å². The van der Waals surface area contributed by atoms with Gasteiger partial charge in [-0.25, -0.2) is 4.39 Å². The molecule has 4 rings (SSSR count). The van der Waals surface area contributed by atoms with Crippen molar-refractivity contribution in [3.8, 4) is 0 Å². The third kappa shape index (κ3) is 1.98. The highest BCUT2D eigenvalue weighted by atomic mass is 19.1. The van der Waals surface area contributed by atoms with Crippen LogP contribution in [-0.2, 0) is 4.79 Å². The van der Waals surface area contributed by atoms with Crippen molar-refractivity contribution in [3.63, 3.8) is 0 Å². The lowest BCUT2D eigenvalue weighted by molar-refractivity contribution is -0.186. The van der Waals surface area contributed by atoms with Crippen LogP contribution in [0, 0.1) is 28.6 Å². The first-order chi connectivity index (χ1) is 12.0. The smallest absolute Gasteiger partial charge is 0.161 e. The molecule has 3 fully saturated rings. The fourth-order valence-electron chi connectivity index (χ4n) is 7.59. The average molecular weight is 365 g/mol. The molecule has 0 aromatic heterocycles. The first-order valence-electron chi connectivity index (χ1n) is 10.3. The molecule has 0 aromatic carbocycles. The first kappa shape index (κ1) is 18.6. The molecule has 0 bridgehead atoms. The zero-order valence-corrected chi connectivity index (χ0v) is 16.5. The summed E-state index contributed by atoms with van der Waals surface area (Å²) in [4.78, 5) is 12.3. The topological polar surface area (TPSA) is 57.5 Å². The van der Waals surface area contributed by atoms with Crippen LogP contribution in [-0.4, -0.2) is 33.4 Å². The fourth-order valence-corrected chi connectivity index (χ4v) is 7.59. The maximum atomic E-state index is 16.8. The van der Waals surface area contributed by atoms with Crippen molar-refractivity contribution in [1.29, 1.82) is 0 Å². The molecule has 26 heavy (non-hydrogen) atoms. The Morgan fingerprint density at radius 2 is 1.85 bits per heavy atom. The number of carbonyl (C=O) groups excluding carboxylic acids is 1. The van der Waals surface area contributed by atoms with E-state index >= 15 is 4.39 Å². The van der Waals surface area contributed by atoms with Gasteiger partial charge in [-0.3, -0.25) is 4.79 Å². The minimum Gasteiger partial charge on any atom is -0.389 e. The number of Topliss-reactive ketones (excluding diaryl/α,β-unsaturated/α-hetero) is 1. The lowest BCUT2D eigenvalue weighted by atomic mass is 9.43. The van der Waals surface area contributed by atoms with Crippen molar-refractivity contribution in [1.82, 2.24) is 0 Å². The number of halogens is 1. The predicted octanol–water partition coefficient (Wildman–Crippen LogP) is 3.97. The second kappa shape index (κ2) is 5.41. The van der Waals surface area contributed by atoms with E-state index < -0.39 is 28.2 Å². The molecule has 3 saturated carbocycles. The summed E-state index contributed by atoms with van der Waals surface area (Å²) in [6, 6.07) is 0. The first-order valence-corrected chi connectivity index (χ1v) is 10.3. The Morgan fingerprint density at radius 1 is 1.15 bits per heavy atom. The van der Waals surface area contributed by atoms with E-state index in [0.717, 1.165) is 18.4 Å². The second-order valence-corrected chi connectivity index (χ2v) is 10.1. The quantitative estimate of drug-likeness (QED) is 0.692. The van der Waals surface area contributed by atoms with Crippen LogP contribution >= 0.6 is 0 Å². The van der Waals surface area contributed by atoms with Crippen LogP contribution in [0.2, 0.25) is 0 Å². The van der Waals surface area contributed by atoms with Gasteiger partial charge in [0.25, 0.3) is 0 Å². The highest BCUT2D eigenvalue weighted by molar-refractivity contribution is 5.86. The van der Waals surface area contributed by atoms with Crippen LogP contribution in [0.1, 0.15) is 72.6 Å². The van der Waals surface area contributed by atoms with Gasteiger partial charge < -0.3 is 10.2 Å². The molecule has 3 nitrogen and oxygen atoms in total. The van der Waals surface area contributed by atoms with Gasteiger partial charge in [-0.05, 0) is 69.6 Å². The number of hydrogen-bond donors (Lipinski definition) is 2. The van der Waals surface area contributed by atoms with Crippen LogP contribution in [0.4, 0.5) is 4.39 Å². The third-order valence-corrected chi connectivity index (χ3v) is 9.25. The summed E-state index contributed by atoms with van der Waals surface area (Å²) in [5.41, 5.74) is -2.57. The number of hydrogen-bond acceptors (Lipinski definition) is 3. The van der Waals surface area contributed by atoms with Gasteiger partial charge in [-0.15, -0.1) is 0 Å². The summed E-state index contributed by atoms with van der Waals surface area (Å²) in [6.07, 6.45) is 5.65. The van der Waals surface area contributed by atoms with Gasteiger partial charge in [-0.1, -0.05) is 32.4 Å². The molecule has 4 heteroatoms. The Bertz CT molecular complexity index is 674. The molecular weight excluding hydrogens is 331 g/mol. The molecule has 0 aromatic rings. The molecule has 0 heterocycles. The number of rotatable bonds is 1. The predicted molar refractivity (Wildman–Crippen MR) is 98.2 cm³/mol. The normalized spacial score (nSPS) is 56.2. The number of aliphatic hydroxyl groups is 2. The van der Waals surface area contributed by atoms with Gasteiger partial charge in [-0.2, -0.15) is 0 Å². The molecule has 4 aliphatic rings. The maximum Gasteiger partial charge on any atom is 0.161 e. The zero-order chi connectivity index (χ0) is 19.1. The number of fused-ring (bicyclic) bond motifs is 5. The maximum absolute atomic E-state index is 16.8. The summed E-state index contributed by atoms with van der Waals surface area (Å²) < 4.78 is 16.8. The summed E-state index contributed by atoms with van der Waals surface area (Å²) >= 11 is 0. The zero-order valence-electron chi connectivity index (χ0n) is 16.5. The van der Waals surface area contributed by atoms with Crippen LogP contribution < -0.4 is 0 Å². The Kier molecular flexibility index (Phi) is 3.87. The largest absolute Gasteiger partial charge is 0.389 e. The van der Waals surface area contributed by atoms with Crippen molar-refractivity contribution in [2.75, 3.05) is 0 Å². The van der Waals surface area contributed by atoms with Crippen molar-refractivity contribution in [2.45, 2.75) is 90.0 Å². The van der Waals surface area contributed by atoms with Gasteiger partial charge in [0, 0.05) is 10.8 Å². The Hall–Kier alpha value is -0.740. The van der Waals surface area contributed by atoms with Crippen molar-refractivity contribution >= 4 is 5.78 Å². The third-order valence-electron chi connectivity index (χ3n) is 9.25. The van der Waals surface area contributed by atoms with Crippen LogP contribution in [0.3, 0.4) is 0 Å². The number of carbonyl (C=O) groups is 1. The molecule has 4 aliphatic carbocycles. The van der Waals surface area contributed by atoms with Crippen molar-refractivity contribution in [2.24, 2.45) is 28.6 Å². The van der Waals surface area contributed by atoms with E-state index in [4.69, 9.17) is 0 Å². The monoisotopic (exact) mass is 364 g/mol. The van der Waals surface area contributed by atoms with Gasteiger partial charge in [0.1, 0.15) is 11.3 Å². The number of aliphatic hydroxyl groups excluding tert-OH is 1. The average Bonchev–Trinajstić information content (AvgIpc) is 2.85. The van der Waals surface area contributed by atoms with E-state index in [2.05, 4.69) is 13.8 Å². The molecule has 0 saturated heterocycles. The van der Waals surface area contributed by atoms with Gasteiger partial charge in [0.15, 0.2) is 5.78 Å². The number of ketones is 1. The minimum absolute atomic E-state index is 0.0443.